The molecule has 0 bridgehead atoms. The number of hydrogen-bond donors (Lipinski definition) is 2. The van der Waals surface area contributed by atoms with E-state index in [1.807, 2.05) is 6.07 Å². The lowest BCUT2D eigenvalue weighted by Crippen LogP contribution is -2.61. The number of primary amides is 1. The van der Waals surface area contributed by atoms with Crippen molar-refractivity contribution in [2.75, 3.05) is 5.75 Å². The summed E-state index contributed by atoms with van der Waals surface area (Å²) in [4.78, 5) is 11.9. The number of carbonyl (C=O) groups excluding carboxylic acids is 1. The van der Waals surface area contributed by atoms with Gasteiger partial charge in [0.25, 0.3) is 0 Å². The molecule has 1 fully saturated rings. The molecule has 1 aromatic heterocycles. The minimum Gasteiger partial charge on any atom is -0.368 e. The second-order valence-corrected chi connectivity index (χ2v) is 7.35. The lowest BCUT2D eigenvalue weighted by Gasteiger charge is -2.33. The molecule has 0 saturated heterocycles. The Kier molecular flexibility index (Phi) is 4.35. The molecule has 18 heavy (non-hydrogen) atoms. The van der Waals surface area contributed by atoms with Gasteiger partial charge >= 0.3 is 0 Å². The van der Waals surface area contributed by atoms with Crippen molar-refractivity contribution in [3.05, 3.63) is 17.5 Å². The van der Waals surface area contributed by atoms with Gasteiger partial charge in [-0.05, 0) is 44.1 Å². The lowest BCUT2D eigenvalue weighted by atomic mass is 9.93. The van der Waals surface area contributed by atoms with Crippen molar-refractivity contribution < 1.29 is 4.79 Å². The van der Waals surface area contributed by atoms with Crippen LogP contribution in [-0.2, 0) is 4.79 Å². The zero-order chi connectivity index (χ0) is 13.2. The maximum Gasteiger partial charge on any atom is 0.238 e. The molecule has 1 aromatic rings. The van der Waals surface area contributed by atoms with E-state index < -0.39 is 5.54 Å². The van der Waals surface area contributed by atoms with Crippen molar-refractivity contribution in [2.45, 2.75) is 42.5 Å². The third kappa shape index (κ3) is 3.08. The SMILES string of the molecule is CC(C)NC(CSc1cccs1)(C(N)=O)C1CC1. The average Bonchev–Trinajstić information content (AvgIpc) is 3.01. The molecule has 2 rings (SSSR count). The highest BCUT2D eigenvalue weighted by molar-refractivity contribution is 8.01. The fourth-order valence-electron chi connectivity index (χ4n) is 2.24. The van der Waals surface area contributed by atoms with Crippen LogP contribution in [-0.4, -0.2) is 23.2 Å². The fraction of sp³-hybridized carbons (Fsp3) is 0.615. The first kappa shape index (κ1) is 13.9. The zero-order valence-electron chi connectivity index (χ0n) is 10.8. The first-order chi connectivity index (χ1) is 8.54. The molecule has 1 amide bonds. The van der Waals surface area contributed by atoms with Crippen LogP contribution in [0.5, 0.6) is 0 Å². The van der Waals surface area contributed by atoms with Crippen molar-refractivity contribution in [2.24, 2.45) is 11.7 Å². The van der Waals surface area contributed by atoms with Crippen LogP contribution in [0.4, 0.5) is 0 Å². The smallest absolute Gasteiger partial charge is 0.238 e. The van der Waals surface area contributed by atoms with Gasteiger partial charge in [-0.3, -0.25) is 4.79 Å². The van der Waals surface area contributed by atoms with Crippen molar-refractivity contribution in [1.82, 2.24) is 5.32 Å². The summed E-state index contributed by atoms with van der Waals surface area (Å²) in [5, 5.41) is 5.48. The van der Waals surface area contributed by atoms with E-state index in [2.05, 4.69) is 30.6 Å². The van der Waals surface area contributed by atoms with Crippen LogP contribution in [0.1, 0.15) is 26.7 Å². The molecule has 3 nitrogen and oxygen atoms in total. The number of carbonyl (C=O) groups is 1. The number of thiophene rings is 1. The fourth-order valence-corrected chi connectivity index (χ4v) is 4.31. The van der Waals surface area contributed by atoms with Gasteiger partial charge in [0.1, 0.15) is 5.54 Å². The largest absolute Gasteiger partial charge is 0.368 e. The van der Waals surface area contributed by atoms with E-state index in [0.717, 1.165) is 18.6 Å². The Morgan fingerprint density at radius 1 is 1.67 bits per heavy atom. The molecule has 100 valence electrons. The van der Waals surface area contributed by atoms with Gasteiger partial charge in [0.15, 0.2) is 0 Å². The Morgan fingerprint density at radius 2 is 2.39 bits per heavy atom. The molecule has 1 unspecified atom stereocenters. The van der Waals surface area contributed by atoms with Crippen LogP contribution in [0.25, 0.3) is 0 Å². The van der Waals surface area contributed by atoms with Gasteiger partial charge in [-0.25, -0.2) is 0 Å². The maximum absolute atomic E-state index is 11.9. The van der Waals surface area contributed by atoms with E-state index in [4.69, 9.17) is 5.73 Å². The summed E-state index contributed by atoms with van der Waals surface area (Å²) in [5.41, 5.74) is 5.15. The molecule has 1 aliphatic rings. The molecule has 1 heterocycles. The molecule has 0 aliphatic heterocycles. The lowest BCUT2D eigenvalue weighted by molar-refractivity contribution is -0.124. The van der Waals surface area contributed by atoms with Gasteiger partial charge < -0.3 is 11.1 Å². The van der Waals surface area contributed by atoms with Crippen LogP contribution >= 0.6 is 23.1 Å². The summed E-state index contributed by atoms with van der Waals surface area (Å²) in [6.45, 7) is 4.13. The maximum atomic E-state index is 11.9. The summed E-state index contributed by atoms with van der Waals surface area (Å²) in [7, 11) is 0. The Balaban J connectivity index is 2.10. The number of nitrogens with one attached hydrogen (secondary N) is 1. The Bertz CT molecular complexity index is 401. The van der Waals surface area contributed by atoms with Crippen molar-refractivity contribution >= 4 is 29.0 Å². The van der Waals surface area contributed by atoms with Gasteiger partial charge in [-0.2, -0.15) is 0 Å². The summed E-state index contributed by atoms with van der Waals surface area (Å²) >= 11 is 3.44. The predicted molar refractivity (Wildman–Crippen MR) is 78.0 cm³/mol. The molecule has 0 spiro atoms. The van der Waals surface area contributed by atoms with E-state index in [1.54, 1.807) is 23.1 Å². The second kappa shape index (κ2) is 5.63. The first-order valence-corrected chi connectivity index (χ1v) is 8.15. The summed E-state index contributed by atoms with van der Waals surface area (Å²) in [6.07, 6.45) is 2.21. The van der Waals surface area contributed by atoms with E-state index in [-0.39, 0.29) is 11.9 Å². The Morgan fingerprint density at radius 3 is 2.83 bits per heavy atom. The van der Waals surface area contributed by atoms with E-state index in [9.17, 15) is 4.79 Å². The number of rotatable bonds is 7. The highest BCUT2D eigenvalue weighted by Gasteiger charge is 2.49. The monoisotopic (exact) mass is 284 g/mol. The molecule has 5 heteroatoms. The topological polar surface area (TPSA) is 55.1 Å². The van der Waals surface area contributed by atoms with Crippen LogP contribution in [0.2, 0.25) is 0 Å². The molecule has 1 saturated carbocycles. The van der Waals surface area contributed by atoms with Gasteiger partial charge in [0, 0.05) is 11.8 Å². The summed E-state index contributed by atoms with van der Waals surface area (Å²) < 4.78 is 1.24. The quantitative estimate of drug-likeness (QED) is 0.756. The Hall–Kier alpha value is -0.520. The average molecular weight is 284 g/mol. The number of hydrogen-bond acceptors (Lipinski definition) is 4. The van der Waals surface area contributed by atoms with Gasteiger partial charge in [-0.1, -0.05) is 6.07 Å². The molecule has 1 atom stereocenters. The molecule has 1 aliphatic carbocycles. The molecule has 0 radical (unpaired) electrons. The summed E-state index contributed by atoms with van der Waals surface area (Å²) in [5.74, 6) is 0.929. The van der Waals surface area contributed by atoms with Crippen LogP contribution in [0.15, 0.2) is 21.7 Å². The van der Waals surface area contributed by atoms with E-state index in [1.165, 1.54) is 4.21 Å². The molecule has 3 N–H and O–H groups in total. The first-order valence-electron chi connectivity index (χ1n) is 6.28. The predicted octanol–water partition coefficient (Wildman–Crippen LogP) is 2.47. The van der Waals surface area contributed by atoms with Crippen LogP contribution in [0.3, 0.4) is 0 Å². The van der Waals surface area contributed by atoms with Crippen molar-refractivity contribution in [1.29, 1.82) is 0 Å². The van der Waals surface area contributed by atoms with Gasteiger partial charge in [0.2, 0.25) is 5.91 Å². The molecule has 0 aromatic carbocycles. The number of nitrogens with two attached hydrogens (primary N) is 1. The minimum atomic E-state index is -0.539. The van der Waals surface area contributed by atoms with Crippen LogP contribution in [0, 0.1) is 5.92 Å². The van der Waals surface area contributed by atoms with Crippen LogP contribution < -0.4 is 11.1 Å². The third-order valence-electron chi connectivity index (χ3n) is 3.20. The third-order valence-corrected chi connectivity index (χ3v) is 5.52. The molecular formula is C13H20N2OS2. The standard InChI is InChI=1S/C13H20N2OS2/c1-9(2)15-13(12(14)16,10-5-6-10)8-18-11-4-3-7-17-11/h3-4,7,9-10,15H,5-6,8H2,1-2H3,(H2,14,16). The highest BCUT2D eigenvalue weighted by Crippen LogP contribution is 2.43. The van der Waals surface area contributed by atoms with E-state index >= 15 is 0 Å². The summed E-state index contributed by atoms with van der Waals surface area (Å²) in [6, 6.07) is 4.39. The Labute approximate surface area is 117 Å². The highest BCUT2D eigenvalue weighted by atomic mass is 32.2. The van der Waals surface area contributed by atoms with Crippen molar-refractivity contribution in [3.8, 4) is 0 Å². The van der Waals surface area contributed by atoms with Crippen molar-refractivity contribution in [3.63, 3.8) is 0 Å². The normalized spacial score (nSPS) is 18.8. The number of amides is 1. The minimum absolute atomic E-state index is 0.206. The second-order valence-electron chi connectivity index (χ2n) is 5.13. The van der Waals surface area contributed by atoms with Gasteiger partial charge in [0.05, 0.1) is 4.21 Å². The van der Waals surface area contributed by atoms with Gasteiger partial charge in [-0.15, -0.1) is 23.1 Å². The number of thioether (sulfide) groups is 1. The molecular weight excluding hydrogens is 264 g/mol. The zero-order valence-corrected chi connectivity index (χ0v) is 12.4. The van der Waals surface area contributed by atoms with E-state index in [0.29, 0.717) is 5.92 Å².